The normalized spacial score (nSPS) is 12.2. The van der Waals surface area contributed by atoms with E-state index in [9.17, 15) is 17.6 Å². The Morgan fingerprint density at radius 3 is 2.65 bits per heavy atom. The van der Waals surface area contributed by atoms with Crippen molar-refractivity contribution in [1.29, 1.82) is 0 Å². The van der Waals surface area contributed by atoms with E-state index in [1.807, 2.05) is 0 Å². The third kappa shape index (κ3) is 2.94. The summed E-state index contributed by atoms with van der Waals surface area (Å²) in [5.74, 6) is -0.436. The third-order valence-corrected chi connectivity index (χ3v) is 3.07. The van der Waals surface area contributed by atoms with Gasteiger partial charge in [0.25, 0.3) is 0 Å². The molecule has 1 heterocycles. The molecule has 2 aromatic rings. The van der Waals surface area contributed by atoms with Gasteiger partial charge in [-0.3, -0.25) is 0 Å². The standard InChI is InChI=1S/C11H9F4NS/c12-9-2-1-3-10-8(9)4-5-16(10)6-7-17-11(13,14)15/h1-5H,6-7H2. The highest BCUT2D eigenvalue weighted by atomic mass is 32.2. The lowest BCUT2D eigenvalue weighted by molar-refractivity contribution is -0.0328. The summed E-state index contributed by atoms with van der Waals surface area (Å²) < 4.78 is 50.8. The molecular weight excluding hydrogens is 254 g/mol. The third-order valence-electron chi connectivity index (χ3n) is 2.36. The van der Waals surface area contributed by atoms with Crippen LogP contribution in [0, 0.1) is 5.82 Å². The molecular formula is C11H9F4NS. The zero-order valence-corrected chi connectivity index (χ0v) is 9.48. The molecule has 2 rings (SSSR count). The van der Waals surface area contributed by atoms with Crippen LogP contribution in [0.4, 0.5) is 17.6 Å². The lowest BCUT2D eigenvalue weighted by atomic mass is 10.2. The van der Waals surface area contributed by atoms with Crippen molar-refractivity contribution in [3.05, 3.63) is 36.3 Å². The number of halogens is 4. The molecule has 0 aliphatic rings. The van der Waals surface area contributed by atoms with E-state index in [1.54, 1.807) is 29.0 Å². The van der Waals surface area contributed by atoms with Crippen LogP contribution in [-0.4, -0.2) is 15.8 Å². The minimum atomic E-state index is -4.21. The van der Waals surface area contributed by atoms with Crippen LogP contribution in [0.2, 0.25) is 0 Å². The maximum absolute atomic E-state index is 13.3. The highest BCUT2D eigenvalue weighted by Gasteiger charge is 2.27. The SMILES string of the molecule is Fc1cccc2c1ccn2CCSC(F)(F)F. The van der Waals surface area contributed by atoms with Crippen LogP contribution in [0.5, 0.6) is 0 Å². The molecule has 1 nitrogen and oxygen atoms in total. The van der Waals surface area contributed by atoms with Crippen molar-refractivity contribution >= 4 is 22.7 Å². The quantitative estimate of drug-likeness (QED) is 0.757. The van der Waals surface area contributed by atoms with Crippen LogP contribution in [0.15, 0.2) is 30.5 Å². The second-order valence-corrected chi connectivity index (χ2v) is 4.64. The van der Waals surface area contributed by atoms with Gasteiger partial charge in [0, 0.05) is 23.9 Å². The second kappa shape index (κ2) is 4.60. The van der Waals surface area contributed by atoms with Crippen LogP contribution in [0.1, 0.15) is 0 Å². The number of aromatic nitrogens is 1. The topological polar surface area (TPSA) is 4.93 Å². The molecule has 0 aliphatic carbocycles. The average molecular weight is 263 g/mol. The number of nitrogens with zero attached hydrogens (tertiary/aromatic N) is 1. The largest absolute Gasteiger partial charge is 0.441 e. The molecule has 0 spiro atoms. The van der Waals surface area contributed by atoms with Crippen molar-refractivity contribution in [3.63, 3.8) is 0 Å². The van der Waals surface area contributed by atoms with Crippen molar-refractivity contribution < 1.29 is 17.6 Å². The van der Waals surface area contributed by atoms with E-state index in [4.69, 9.17) is 0 Å². The molecule has 0 amide bonds. The summed E-state index contributed by atoms with van der Waals surface area (Å²) in [5.41, 5.74) is -3.60. The molecule has 0 saturated carbocycles. The number of fused-ring (bicyclic) bond motifs is 1. The van der Waals surface area contributed by atoms with E-state index < -0.39 is 5.51 Å². The van der Waals surface area contributed by atoms with Crippen LogP contribution in [0.3, 0.4) is 0 Å². The smallest absolute Gasteiger partial charge is 0.347 e. The molecule has 0 N–H and O–H groups in total. The van der Waals surface area contributed by atoms with Crippen molar-refractivity contribution in [1.82, 2.24) is 4.57 Å². The van der Waals surface area contributed by atoms with Crippen molar-refractivity contribution in [2.75, 3.05) is 5.75 Å². The number of thioether (sulfide) groups is 1. The molecule has 6 heteroatoms. The Hall–Kier alpha value is -1.17. The van der Waals surface area contributed by atoms with Crippen LogP contribution in [0.25, 0.3) is 10.9 Å². The summed E-state index contributed by atoms with van der Waals surface area (Å²) in [6.07, 6.45) is 1.60. The molecule has 1 aromatic carbocycles. The predicted molar refractivity (Wildman–Crippen MR) is 60.4 cm³/mol. The van der Waals surface area contributed by atoms with Gasteiger partial charge in [0.15, 0.2) is 0 Å². The fourth-order valence-electron chi connectivity index (χ4n) is 1.64. The van der Waals surface area contributed by atoms with Gasteiger partial charge in [-0.1, -0.05) is 6.07 Å². The van der Waals surface area contributed by atoms with E-state index >= 15 is 0 Å². The minimum absolute atomic E-state index is 0.0700. The zero-order chi connectivity index (χ0) is 12.5. The monoisotopic (exact) mass is 263 g/mol. The van der Waals surface area contributed by atoms with Gasteiger partial charge in [0.05, 0.1) is 5.52 Å². The summed E-state index contributed by atoms with van der Waals surface area (Å²) in [6, 6.07) is 6.14. The summed E-state index contributed by atoms with van der Waals surface area (Å²) >= 11 is -0.0700. The first-order chi connectivity index (χ1) is 7.97. The Labute approximate surface area is 99.4 Å². The Morgan fingerprint density at radius 1 is 1.18 bits per heavy atom. The number of alkyl halides is 3. The fraction of sp³-hybridized carbons (Fsp3) is 0.273. The average Bonchev–Trinajstić information content (AvgIpc) is 2.61. The number of rotatable bonds is 3. The molecule has 92 valence electrons. The van der Waals surface area contributed by atoms with E-state index in [-0.39, 0.29) is 29.9 Å². The molecule has 17 heavy (non-hydrogen) atoms. The molecule has 1 aromatic heterocycles. The van der Waals surface area contributed by atoms with Crippen molar-refractivity contribution in [2.45, 2.75) is 12.1 Å². The second-order valence-electron chi connectivity index (χ2n) is 3.48. The first-order valence-corrected chi connectivity index (χ1v) is 5.90. The van der Waals surface area contributed by atoms with Crippen molar-refractivity contribution in [2.24, 2.45) is 0 Å². The first kappa shape index (κ1) is 12.3. The van der Waals surface area contributed by atoms with E-state index in [1.165, 1.54) is 6.07 Å². The van der Waals surface area contributed by atoms with Gasteiger partial charge >= 0.3 is 5.51 Å². The lowest BCUT2D eigenvalue weighted by Gasteiger charge is -2.07. The Kier molecular flexibility index (Phi) is 3.33. The molecule has 0 fully saturated rings. The van der Waals surface area contributed by atoms with E-state index in [0.717, 1.165) is 0 Å². The molecule has 0 atom stereocenters. The van der Waals surface area contributed by atoms with Gasteiger partial charge in [-0.15, -0.1) is 0 Å². The highest BCUT2D eigenvalue weighted by Crippen LogP contribution is 2.30. The van der Waals surface area contributed by atoms with Crippen LogP contribution >= 0.6 is 11.8 Å². The Bertz CT molecular complexity index is 518. The number of hydrogen-bond acceptors (Lipinski definition) is 1. The summed E-state index contributed by atoms with van der Waals surface area (Å²) in [6.45, 7) is 0.205. The number of benzene rings is 1. The fourth-order valence-corrected chi connectivity index (χ4v) is 2.16. The van der Waals surface area contributed by atoms with Gasteiger partial charge in [-0.2, -0.15) is 13.2 Å². The molecule has 0 aliphatic heterocycles. The van der Waals surface area contributed by atoms with E-state index in [0.29, 0.717) is 10.9 Å². The van der Waals surface area contributed by atoms with Gasteiger partial charge in [0.2, 0.25) is 0 Å². The molecule has 0 bridgehead atoms. The number of aryl methyl sites for hydroxylation is 1. The number of hydrogen-bond donors (Lipinski definition) is 0. The molecule has 0 radical (unpaired) electrons. The minimum Gasteiger partial charge on any atom is -0.347 e. The van der Waals surface area contributed by atoms with E-state index in [2.05, 4.69) is 0 Å². The van der Waals surface area contributed by atoms with Crippen LogP contribution < -0.4 is 0 Å². The van der Waals surface area contributed by atoms with Crippen molar-refractivity contribution in [3.8, 4) is 0 Å². The Morgan fingerprint density at radius 2 is 1.94 bits per heavy atom. The summed E-state index contributed by atoms with van der Waals surface area (Å²) in [4.78, 5) is 0. The van der Waals surface area contributed by atoms with Crippen LogP contribution in [-0.2, 0) is 6.54 Å². The van der Waals surface area contributed by atoms with Gasteiger partial charge in [-0.05, 0) is 30.0 Å². The predicted octanol–water partition coefficient (Wildman–Crippen LogP) is 4.03. The first-order valence-electron chi connectivity index (χ1n) is 4.91. The highest BCUT2D eigenvalue weighted by molar-refractivity contribution is 8.00. The van der Waals surface area contributed by atoms with Gasteiger partial charge < -0.3 is 4.57 Å². The lowest BCUT2D eigenvalue weighted by Crippen LogP contribution is -2.06. The molecule has 0 unspecified atom stereocenters. The van der Waals surface area contributed by atoms with Gasteiger partial charge in [0.1, 0.15) is 5.82 Å². The summed E-state index contributed by atoms with van der Waals surface area (Å²) in [5, 5.41) is 0.435. The summed E-state index contributed by atoms with van der Waals surface area (Å²) in [7, 11) is 0. The maximum atomic E-state index is 13.3. The maximum Gasteiger partial charge on any atom is 0.441 e. The Balaban J connectivity index is 2.12. The molecule has 0 saturated heterocycles. The van der Waals surface area contributed by atoms with Gasteiger partial charge in [-0.25, -0.2) is 4.39 Å². The zero-order valence-electron chi connectivity index (χ0n) is 8.67.